The van der Waals surface area contributed by atoms with E-state index < -0.39 is 10.0 Å². The number of halogens is 3. The molecule has 7 heteroatoms. The Kier molecular flexibility index (Phi) is 7.45. The van der Waals surface area contributed by atoms with Gasteiger partial charge in [-0.25, -0.2) is 13.1 Å². The van der Waals surface area contributed by atoms with E-state index >= 15 is 0 Å². The third-order valence-corrected chi connectivity index (χ3v) is 5.74. The standard InChI is InChI=1S/C11H14BrClINO2S/c12-10-8-9(4-5-11(10)13)18(16,17)15-7-3-1-2-6-14/h4-5,8,15H,1-3,6-7H2. The number of alkyl halides is 1. The van der Waals surface area contributed by atoms with E-state index in [1.807, 2.05) is 0 Å². The van der Waals surface area contributed by atoms with Gasteiger partial charge in [0.05, 0.1) is 9.92 Å². The first-order valence-electron chi connectivity index (χ1n) is 5.48. The van der Waals surface area contributed by atoms with Crippen LogP contribution in [0.4, 0.5) is 0 Å². The van der Waals surface area contributed by atoms with Crippen LogP contribution in [-0.4, -0.2) is 19.4 Å². The zero-order chi connectivity index (χ0) is 13.6. The first-order valence-corrected chi connectivity index (χ1v) is 9.66. The predicted octanol–water partition coefficient (Wildman–Crippen LogP) is 3.99. The third-order valence-electron chi connectivity index (χ3n) is 2.30. The Labute approximate surface area is 135 Å². The molecule has 1 aromatic rings. The Morgan fingerprint density at radius 2 is 2.00 bits per heavy atom. The lowest BCUT2D eigenvalue weighted by Gasteiger charge is -2.07. The minimum Gasteiger partial charge on any atom is -0.211 e. The van der Waals surface area contributed by atoms with Crippen molar-refractivity contribution < 1.29 is 8.42 Å². The van der Waals surface area contributed by atoms with Gasteiger partial charge in [0.15, 0.2) is 0 Å². The summed E-state index contributed by atoms with van der Waals surface area (Å²) in [6.07, 6.45) is 3.02. The molecule has 0 radical (unpaired) electrons. The summed E-state index contributed by atoms with van der Waals surface area (Å²) in [4.78, 5) is 0.229. The molecule has 0 aliphatic heterocycles. The molecular formula is C11H14BrClINO2S. The maximum Gasteiger partial charge on any atom is 0.240 e. The number of benzene rings is 1. The van der Waals surface area contributed by atoms with Gasteiger partial charge >= 0.3 is 0 Å². The number of sulfonamides is 1. The van der Waals surface area contributed by atoms with Crippen LogP contribution in [-0.2, 0) is 10.0 Å². The normalized spacial score (nSPS) is 11.7. The lowest BCUT2D eigenvalue weighted by Crippen LogP contribution is -2.24. The van der Waals surface area contributed by atoms with E-state index in [4.69, 9.17) is 11.6 Å². The minimum atomic E-state index is -3.43. The highest BCUT2D eigenvalue weighted by atomic mass is 127. The summed E-state index contributed by atoms with van der Waals surface area (Å²) < 4.78 is 28.2. The van der Waals surface area contributed by atoms with E-state index in [9.17, 15) is 8.42 Å². The van der Waals surface area contributed by atoms with Crippen LogP contribution in [0, 0.1) is 0 Å². The van der Waals surface area contributed by atoms with Crippen LogP contribution in [0.25, 0.3) is 0 Å². The molecule has 0 aromatic heterocycles. The molecule has 0 fully saturated rings. The van der Waals surface area contributed by atoms with E-state index in [1.54, 1.807) is 6.07 Å². The number of unbranched alkanes of at least 4 members (excludes halogenated alkanes) is 2. The zero-order valence-electron chi connectivity index (χ0n) is 9.63. The molecule has 0 atom stereocenters. The molecule has 0 saturated carbocycles. The first-order chi connectivity index (χ1) is 8.47. The highest BCUT2D eigenvalue weighted by Crippen LogP contribution is 2.25. The Morgan fingerprint density at radius 3 is 2.61 bits per heavy atom. The summed E-state index contributed by atoms with van der Waals surface area (Å²) in [5.41, 5.74) is 0. The van der Waals surface area contributed by atoms with Gasteiger partial charge in [-0.3, -0.25) is 0 Å². The molecule has 0 aliphatic rings. The highest BCUT2D eigenvalue weighted by Gasteiger charge is 2.14. The fourth-order valence-corrected chi connectivity index (χ4v) is 3.62. The molecule has 1 rings (SSSR count). The van der Waals surface area contributed by atoms with E-state index in [-0.39, 0.29) is 4.90 Å². The van der Waals surface area contributed by atoms with Crippen molar-refractivity contribution in [2.45, 2.75) is 24.2 Å². The number of hydrogen-bond donors (Lipinski definition) is 1. The maximum absolute atomic E-state index is 12.0. The molecule has 0 unspecified atom stereocenters. The smallest absolute Gasteiger partial charge is 0.211 e. The number of rotatable bonds is 7. The molecular weight excluding hydrogens is 452 g/mol. The van der Waals surface area contributed by atoms with Crippen LogP contribution >= 0.6 is 50.1 Å². The lowest BCUT2D eigenvalue weighted by molar-refractivity contribution is 0.576. The van der Waals surface area contributed by atoms with Gasteiger partial charge in [0.1, 0.15) is 0 Å². The quantitative estimate of drug-likeness (QED) is 0.375. The average molecular weight is 467 g/mol. The molecule has 18 heavy (non-hydrogen) atoms. The van der Waals surface area contributed by atoms with Crippen LogP contribution in [0.2, 0.25) is 5.02 Å². The monoisotopic (exact) mass is 465 g/mol. The molecule has 0 heterocycles. The van der Waals surface area contributed by atoms with Crippen LogP contribution in [0.1, 0.15) is 19.3 Å². The molecule has 0 aliphatic carbocycles. The third kappa shape index (κ3) is 5.32. The van der Waals surface area contributed by atoms with E-state index in [0.29, 0.717) is 16.0 Å². The Morgan fingerprint density at radius 1 is 1.28 bits per heavy atom. The zero-order valence-corrected chi connectivity index (χ0v) is 14.9. The van der Waals surface area contributed by atoms with Gasteiger partial charge in [-0.2, -0.15) is 0 Å². The Bertz CT molecular complexity index is 496. The summed E-state index contributed by atoms with van der Waals surface area (Å²) in [6.45, 7) is 0.471. The van der Waals surface area contributed by atoms with E-state index in [2.05, 4.69) is 43.2 Å². The van der Waals surface area contributed by atoms with Crippen molar-refractivity contribution in [3.63, 3.8) is 0 Å². The fourth-order valence-electron chi connectivity index (χ4n) is 1.33. The summed E-state index contributed by atoms with van der Waals surface area (Å²) in [5, 5.41) is 0.496. The predicted molar refractivity (Wildman–Crippen MR) is 87.1 cm³/mol. The van der Waals surface area contributed by atoms with Crippen molar-refractivity contribution in [2.24, 2.45) is 0 Å². The van der Waals surface area contributed by atoms with Crippen LogP contribution in [0.3, 0.4) is 0 Å². The summed E-state index contributed by atoms with van der Waals surface area (Å²) in [5.74, 6) is 0. The molecule has 0 bridgehead atoms. The second kappa shape index (κ2) is 8.04. The largest absolute Gasteiger partial charge is 0.240 e. The van der Waals surface area contributed by atoms with Gasteiger partial charge in [0.25, 0.3) is 0 Å². The van der Waals surface area contributed by atoms with Crippen molar-refractivity contribution in [1.29, 1.82) is 0 Å². The average Bonchev–Trinajstić information content (AvgIpc) is 2.32. The summed E-state index contributed by atoms with van der Waals surface area (Å²) in [7, 11) is -3.43. The topological polar surface area (TPSA) is 46.2 Å². The van der Waals surface area contributed by atoms with Crippen molar-refractivity contribution in [1.82, 2.24) is 4.72 Å². The number of hydrogen-bond acceptors (Lipinski definition) is 2. The molecule has 3 nitrogen and oxygen atoms in total. The van der Waals surface area contributed by atoms with Crippen LogP contribution in [0.15, 0.2) is 27.6 Å². The van der Waals surface area contributed by atoms with Crippen molar-refractivity contribution in [2.75, 3.05) is 11.0 Å². The van der Waals surface area contributed by atoms with Crippen molar-refractivity contribution >= 4 is 60.1 Å². The molecule has 0 spiro atoms. The van der Waals surface area contributed by atoms with Crippen molar-refractivity contribution in [3.05, 3.63) is 27.7 Å². The van der Waals surface area contributed by atoms with Gasteiger partial charge in [-0.05, 0) is 51.4 Å². The molecule has 102 valence electrons. The van der Waals surface area contributed by atoms with Gasteiger partial charge in [0, 0.05) is 11.0 Å². The molecule has 1 aromatic carbocycles. The van der Waals surface area contributed by atoms with E-state index in [0.717, 1.165) is 23.7 Å². The van der Waals surface area contributed by atoms with Gasteiger partial charge in [-0.15, -0.1) is 0 Å². The SMILES string of the molecule is O=S(=O)(NCCCCCI)c1ccc(Cl)c(Br)c1. The number of nitrogens with one attached hydrogen (secondary N) is 1. The first kappa shape index (κ1) is 16.7. The van der Waals surface area contributed by atoms with Gasteiger partial charge in [-0.1, -0.05) is 40.6 Å². The second-order valence-electron chi connectivity index (χ2n) is 3.72. The molecule has 0 amide bonds. The minimum absolute atomic E-state index is 0.229. The summed E-state index contributed by atoms with van der Waals surface area (Å²) in [6, 6.07) is 4.58. The fraction of sp³-hybridized carbons (Fsp3) is 0.455. The van der Waals surface area contributed by atoms with Gasteiger partial charge in [0.2, 0.25) is 10.0 Å². The molecule has 1 N–H and O–H groups in total. The maximum atomic E-state index is 12.0. The summed E-state index contributed by atoms with van der Waals surface area (Å²) >= 11 is 11.4. The van der Waals surface area contributed by atoms with Gasteiger partial charge < -0.3 is 0 Å². The highest BCUT2D eigenvalue weighted by molar-refractivity contribution is 14.1. The van der Waals surface area contributed by atoms with Crippen molar-refractivity contribution in [3.8, 4) is 0 Å². The van der Waals surface area contributed by atoms with Crippen LogP contribution < -0.4 is 4.72 Å². The molecule has 0 saturated heterocycles. The Balaban J connectivity index is 2.60. The van der Waals surface area contributed by atoms with Crippen LogP contribution in [0.5, 0.6) is 0 Å². The Hall–Kier alpha value is 0.630. The lowest BCUT2D eigenvalue weighted by atomic mass is 10.3. The second-order valence-corrected chi connectivity index (χ2v) is 7.83. The van der Waals surface area contributed by atoms with E-state index in [1.165, 1.54) is 12.1 Å².